The first kappa shape index (κ1) is 12.2. The maximum Gasteiger partial charge on any atom is 0.145 e. The van der Waals surface area contributed by atoms with Crippen molar-refractivity contribution >= 4 is 11.4 Å². The average molecular weight is 263 g/mol. The molecule has 4 heteroatoms. The van der Waals surface area contributed by atoms with Gasteiger partial charge < -0.3 is 10.1 Å². The van der Waals surface area contributed by atoms with Crippen LogP contribution in [0.1, 0.15) is 0 Å². The van der Waals surface area contributed by atoms with Crippen LogP contribution < -0.4 is 10.1 Å². The Labute approximate surface area is 117 Å². The molecule has 0 amide bonds. The van der Waals surface area contributed by atoms with Crippen LogP contribution in [0.2, 0.25) is 0 Å². The molecule has 1 aromatic carbocycles. The van der Waals surface area contributed by atoms with Crippen molar-refractivity contribution in [1.82, 2.24) is 9.97 Å². The molecule has 1 N–H and O–H groups in total. The molecule has 0 spiro atoms. The van der Waals surface area contributed by atoms with Gasteiger partial charge in [-0.3, -0.25) is 9.97 Å². The third-order valence-corrected chi connectivity index (χ3v) is 2.67. The van der Waals surface area contributed by atoms with Crippen LogP contribution in [0, 0.1) is 0 Å². The molecule has 3 rings (SSSR count). The SMILES string of the molecule is c1cncc(Nc2ccc(Oc3cccnc3)cc2)c1. The lowest BCUT2D eigenvalue weighted by Gasteiger charge is -2.08. The van der Waals surface area contributed by atoms with E-state index in [1.54, 1.807) is 24.8 Å². The second-order valence-electron chi connectivity index (χ2n) is 4.18. The van der Waals surface area contributed by atoms with Gasteiger partial charge in [0.15, 0.2) is 0 Å². The summed E-state index contributed by atoms with van der Waals surface area (Å²) in [6.45, 7) is 0. The van der Waals surface area contributed by atoms with Crippen molar-refractivity contribution in [3.8, 4) is 11.5 Å². The van der Waals surface area contributed by atoms with Crippen LogP contribution in [0.5, 0.6) is 11.5 Å². The normalized spacial score (nSPS) is 10.0. The summed E-state index contributed by atoms with van der Waals surface area (Å²) in [5, 5.41) is 3.26. The highest BCUT2D eigenvalue weighted by Crippen LogP contribution is 2.23. The Hall–Kier alpha value is -2.88. The van der Waals surface area contributed by atoms with Gasteiger partial charge in [-0.25, -0.2) is 0 Å². The number of rotatable bonds is 4. The van der Waals surface area contributed by atoms with Crippen molar-refractivity contribution in [2.24, 2.45) is 0 Å². The van der Waals surface area contributed by atoms with Gasteiger partial charge in [-0.05, 0) is 48.5 Å². The topological polar surface area (TPSA) is 47.0 Å². The van der Waals surface area contributed by atoms with Gasteiger partial charge in [0.1, 0.15) is 11.5 Å². The second kappa shape index (κ2) is 5.84. The zero-order valence-electron chi connectivity index (χ0n) is 10.7. The Morgan fingerprint density at radius 1 is 0.700 bits per heavy atom. The summed E-state index contributed by atoms with van der Waals surface area (Å²) < 4.78 is 5.68. The molecule has 2 aromatic heterocycles. The van der Waals surface area contributed by atoms with Gasteiger partial charge in [0.2, 0.25) is 0 Å². The number of hydrogen-bond acceptors (Lipinski definition) is 4. The molecule has 0 aliphatic rings. The van der Waals surface area contributed by atoms with Crippen LogP contribution in [0.4, 0.5) is 11.4 Å². The van der Waals surface area contributed by atoms with Gasteiger partial charge in [0.25, 0.3) is 0 Å². The fraction of sp³-hybridized carbons (Fsp3) is 0. The first-order valence-corrected chi connectivity index (χ1v) is 6.25. The number of nitrogens with zero attached hydrogens (tertiary/aromatic N) is 2. The Balaban J connectivity index is 1.69. The van der Waals surface area contributed by atoms with E-state index >= 15 is 0 Å². The van der Waals surface area contributed by atoms with E-state index in [9.17, 15) is 0 Å². The molecule has 0 fully saturated rings. The molecule has 3 aromatic rings. The van der Waals surface area contributed by atoms with Crippen molar-refractivity contribution in [2.45, 2.75) is 0 Å². The predicted molar refractivity (Wildman–Crippen MR) is 78.3 cm³/mol. The summed E-state index contributed by atoms with van der Waals surface area (Å²) in [4.78, 5) is 8.07. The van der Waals surface area contributed by atoms with Crippen molar-refractivity contribution in [1.29, 1.82) is 0 Å². The van der Waals surface area contributed by atoms with Crippen LogP contribution in [0.15, 0.2) is 73.3 Å². The molecule has 4 nitrogen and oxygen atoms in total. The number of ether oxygens (including phenoxy) is 1. The zero-order valence-corrected chi connectivity index (χ0v) is 10.7. The molecule has 0 saturated heterocycles. The zero-order chi connectivity index (χ0) is 13.6. The standard InChI is InChI=1S/C16H13N3O/c1-3-14(11-17-9-1)19-13-5-7-15(8-6-13)20-16-4-2-10-18-12-16/h1-12,19H. The molecular formula is C16H13N3O. The van der Waals surface area contributed by atoms with Gasteiger partial charge in [-0.1, -0.05) is 0 Å². The maximum absolute atomic E-state index is 5.68. The fourth-order valence-electron chi connectivity index (χ4n) is 1.75. The molecule has 98 valence electrons. The minimum Gasteiger partial charge on any atom is -0.456 e. The van der Waals surface area contributed by atoms with Gasteiger partial charge in [0, 0.05) is 18.1 Å². The lowest BCUT2D eigenvalue weighted by atomic mass is 10.3. The molecule has 2 heterocycles. The molecular weight excluding hydrogens is 250 g/mol. The van der Waals surface area contributed by atoms with Gasteiger partial charge in [-0.15, -0.1) is 0 Å². The number of anilines is 2. The van der Waals surface area contributed by atoms with Crippen LogP contribution in [0.3, 0.4) is 0 Å². The summed E-state index contributed by atoms with van der Waals surface area (Å²) >= 11 is 0. The number of aromatic nitrogens is 2. The third-order valence-electron chi connectivity index (χ3n) is 2.67. The van der Waals surface area contributed by atoms with Crippen molar-refractivity contribution in [3.05, 3.63) is 73.3 Å². The minimum atomic E-state index is 0.723. The number of benzene rings is 1. The summed E-state index contributed by atoms with van der Waals surface area (Å²) in [7, 11) is 0. The number of pyridine rings is 2. The Morgan fingerprint density at radius 2 is 1.45 bits per heavy atom. The molecule has 20 heavy (non-hydrogen) atoms. The van der Waals surface area contributed by atoms with Crippen molar-refractivity contribution in [3.63, 3.8) is 0 Å². The number of hydrogen-bond donors (Lipinski definition) is 1. The number of nitrogens with one attached hydrogen (secondary N) is 1. The van der Waals surface area contributed by atoms with E-state index in [1.807, 2.05) is 48.5 Å². The summed E-state index contributed by atoms with van der Waals surface area (Å²) in [6.07, 6.45) is 6.92. The third kappa shape index (κ3) is 3.11. The van der Waals surface area contributed by atoms with Crippen LogP contribution in [-0.4, -0.2) is 9.97 Å². The fourth-order valence-corrected chi connectivity index (χ4v) is 1.75. The lowest BCUT2D eigenvalue weighted by molar-refractivity contribution is 0.480. The Morgan fingerprint density at radius 3 is 2.10 bits per heavy atom. The molecule has 0 bridgehead atoms. The first-order valence-electron chi connectivity index (χ1n) is 6.25. The molecule has 0 saturated carbocycles. The molecule has 0 aliphatic carbocycles. The molecule has 0 radical (unpaired) electrons. The first-order chi connectivity index (χ1) is 9.90. The van der Waals surface area contributed by atoms with E-state index in [0.29, 0.717) is 0 Å². The predicted octanol–water partition coefficient (Wildman–Crippen LogP) is 4.01. The van der Waals surface area contributed by atoms with Crippen molar-refractivity contribution in [2.75, 3.05) is 5.32 Å². The summed E-state index contributed by atoms with van der Waals surface area (Å²) in [5.41, 5.74) is 1.94. The molecule has 0 unspecified atom stereocenters. The van der Waals surface area contributed by atoms with Crippen LogP contribution >= 0.6 is 0 Å². The highest BCUT2D eigenvalue weighted by Gasteiger charge is 1.98. The summed E-state index contributed by atoms with van der Waals surface area (Å²) in [6, 6.07) is 15.3. The molecule has 0 atom stereocenters. The quantitative estimate of drug-likeness (QED) is 0.772. The Kier molecular flexibility index (Phi) is 3.55. The van der Waals surface area contributed by atoms with Gasteiger partial charge in [-0.2, -0.15) is 0 Å². The molecule has 0 aliphatic heterocycles. The van der Waals surface area contributed by atoms with E-state index in [-0.39, 0.29) is 0 Å². The van der Waals surface area contributed by atoms with E-state index in [0.717, 1.165) is 22.9 Å². The van der Waals surface area contributed by atoms with E-state index < -0.39 is 0 Å². The largest absolute Gasteiger partial charge is 0.456 e. The van der Waals surface area contributed by atoms with Gasteiger partial charge >= 0.3 is 0 Å². The van der Waals surface area contributed by atoms with Crippen LogP contribution in [-0.2, 0) is 0 Å². The maximum atomic E-state index is 5.68. The van der Waals surface area contributed by atoms with E-state index in [1.165, 1.54) is 0 Å². The van der Waals surface area contributed by atoms with E-state index in [2.05, 4.69) is 15.3 Å². The lowest BCUT2D eigenvalue weighted by Crippen LogP contribution is -1.91. The smallest absolute Gasteiger partial charge is 0.145 e. The minimum absolute atomic E-state index is 0.723. The van der Waals surface area contributed by atoms with Crippen LogP contribution in [0.25, 0.3) is 0 Å². The monoisotopic (exact) mass is 263 g/mol. The highest BCUT2D eigenvalue weighted by atomic mass is 16.5. The second-order valence-corrected chi connectivity index (χ2v) is 4.18. The summed E-state index contributed by atoms with van der Waals surface area (Å²) in [5.74, 6) is 1.50. The average Bonchev–Trinajstić information content (AvgIpc) is 2.51. The Bertz CT molecular complexity index is 594. The van der Waals surface area contributed by atoms with Gasteiger partial charge in [0.05, 0.1) is 18.1 Å². The van der Waals surface area contributed by atoms with E-state index in [4.69, 9.17) is 4.74 Å². The van der Waals surface area contributed by atoms with Crippen molar-refractivity contribution < 1.29 is 4.74 Å². The highest BCUT2D eigenvalue weighted by molar-refractivity contribution is 5.59.